The highest BCUT2D eigenvalue weighted by molar-refractivity contribution is 5.78. The summed E-state index contributed by atoms with van der Waals surface area (Å²) in [6.07, 6.45) is 5.79. The second-order valence-electron chi connectivity index (χ2n) is 5.10. The molecule has 1 aliphatic rings. The smallest absolute Gasteiger partial charge is 0.150 e. The fourth-order valence-corrected chi connectivity index (χ4v) is 2.55. The van der Waals surface area contributed by atoms with Gasteiger partial charge in [-0.05, 0) is 62.4 Å². The van der Waals surface area contributed by atoms with E-state index in [1.165, 1.54) is 36.0 Å². The number of hydrogen-bond donors (Lipinski definition) is 1. The molecular weight excluding hydrogens is 210 g/mol. The van der Waals surface area contributed by atoms with Crippen LogP contribution in [0.4, 0.5) is 0 Å². The maximum absolute atomic E-state index is 11.1. The number of aldehydes is 1. The fourth-order valence-electron chi connectivity index (χ4n) is 2.55. The maximum Gasteiger partial charge on any atom is 0.150 e. The van der Waals surface area contributed by atoms with Gasteiger partial charge in [-0.1, -0.05) is 12.5 Å². The molecule has 1 N–H and O–H groups in total. The molecular formula is C15H21NO. The topological polar surface area (TPSA) is 29.1 Å². The average molecular weight is 231 g/mol. The number of rotatable bonds is 3. The van der Waals surface area contributed by atoms with Crippen LogP contribution in [-0.4, -0.2) is 18.9 Å². The Hall–Kier alpha value is -1.15. The van der Waals surface area contributed by atoms with Gasteiger partial charge in [0.25, 0.3) is 0 Å². The zero-order chi connectivity index (χ0) is 12.3. The molecule has 0 amide bonds. The summed E-state index contributed by atoms with van der Waals surface area (Å²) in [7, 11) is 0. The molecule has 2 heteroatoms. The first-order valence-electron chi connectivity index (χ1n) is 6.49. The van der Waals surface area contributed by atoms with Gasteiger partial charge in [-0.2, -0.15) is 0 Å². The Bertz CT molecular complexity index is 406. The summed E-state index contributed by atoms with van der Waals surface area (Å²) in [4.78, 5) is 11.1. The molecule has 1 heterocycles. The van der Waals surface area contributed by atoms with E-state index in [0.717, 1.165) is 24.8 Å². The third-order valence-electron chi connectivity index (χ3n) is 3.76. The van der Waals surface area contributed by atoms with Gasteiger partial charge >= 0.3 is 0 Å². The molecule has 0 aromatic heterocycles. The summed E-state index contributed by atoms with van der Waals surface area (Å²) in [6, 6.07) is 4.74. The molecule has 0 radical (unpaired) electrons. The first-order valence-corrected chi connectivity index (χ1v) is 6.49. The van der Waals surface area contributed by atoms with Crippen molar-refractivity contribution >= 4 is 6.29 Å². The van der Waals surface area contributed by atoms with Crippen LogP contribution in [0.3, 0.4) is 0 Å². The van der Waals surface area contributed by atoms with Gasteiger partial charge in [0, 0.05) is 11.6 Å². The van der Waals surface area contributed by atoms with Gasteiger partial charge in [-0.15, -0.1) is 0 Å². The summed E-state index contributed by atoms with van der Waals surface area (Å²) >= 11 is 0. The third-order valence-corrected chi connectivity index (χ3v) is 3.76. The van der Waals surface area contributed by atoms with E-state index in [9.17, 15) is 4.79 Å². The molecule has 1 aromatic rings. The zero-order valence-corrected chi connectivity index (χ0v) is 10.8. The van der Waals surface area contributed by atoms with E-state index in [4.69, 9.17) is 0 Å². The number of carbonyl (C=O) groups is 1. The van der Waals surface area contributed by atoms with Crippen LogP contribution >= 0.6 is 0 Å². The Morgan fingerprint density at radius 1 is 1.29 bits per heavy atom. The van der Waals surface area contributed by atoms with Crippen molar-refractivity contribution in [2.24, 2.45) is 0 Å². The molecule has 2 nitrogen and oxygen atoms in total. The molecule has 1 aliphatic heterocycles. The Morgan fingerprint density at radius 3 is 2.71 bits per heavy atom. The molecule has 0 spiro atoms. The van der Waals surface area contributed by atoms with Crippen LogP contribution in [0.1, 0.15) is 46.3 Å². The normalized spacial score (nSPS) is 20.2. The van der Waals surface area contributed by atoms with Crippen molar-refractivity contribution in [1.29, 1.82) is 0 Å². The van der Waals surface area contributed by atoms with Crippen LogP contribution in [0.25, 0.3) is 0 Å². The molecule has 92 valence electrons. The van der Waals surface area contributed by atoms with Crippen molar-refractivity contribution in [3.05, 3.63) is 34.4 Å². The second kappa shape index (κ2) is 5.46. The number of nitrogens with one attached hydrogen (secondary N) is 1. The monoisotopic (exact) mass is 231 g/mol. The maximum atomic E-state index is 11.1. The molecule has 0 aliphatic carbocycles. The molecule has 17 heavy (non-hydrogen) atoms. The van der Waals surface area contributed by atoms with Gasteiger partial charge in [0.1, 0.15) is 6.29 Å². The van der Waals surface area contributed by atoms with Crippen LogP contribution in [0.5, 0.6) is 0 Å². The van der Waals surface area contributed by atoms with E-state index >= 15 is 0 Å². The van der Waals surface area contributed by atoms with E-state index in [-0.39, 0.29) is 0 Å². The SMILES string of the molecule is Cc1cc(C=O)c(CC2CCCCN2)cc1C. The van der Waals surface area contributed by atoms with Crippen LogP contribution < -0.4 is 5.32 Å². The molecule has 1 atom stereocenters. The van der Waals surface area contributed by atoms with Crippen molar-refractivity contribution in [1.82, 2.24) is 5.32 Å². The van der Waals surface area contributed by atoms with Gasteiger partial charge in [0.15, 0.2) is 0 Å². The molecule has 1 aromatic carbocycles. The highest BCUT2D eigenvalue weighted by Gasteiger charge is 2.15. The molecule has 1 saturated heterocycles. The van der Waals surface area contributed by atoms with E-state index < -0.39 is 0 Å². The lowest BCUT2D eigenvalue weighted by Gasteiger charge is -2.24. The Balaban J connectivity index is 2.18. The predicted octanol–water partition coefficient (Wildman–Crippen LogP) is 2.80. The van der Waals surface area contributed by atoms with Crippen molar-refractivity contribution in [2.45, 2.75) is 45.6 Å². The largest absolute Gasteiger partial charge is 0.314 e. The van der Waals surface area contributed by atoms with Crippen LogP contribution in [-0.2, 0) is 6.42 Å². The first kappa shape index (κ1) is 12.3. The van der Waals surface area contributed by atoms with Gasteiger partial charge in [-0.25, -0.2) is 0 Å². The molecule has 2 rings (SSSR count). The summed E-state index contributed by atoms with van der Waals surface area (Å²) in [5, 5.41) is 3.54. The van der Waals surface area contributed by atoms with Crippen molar-refractivity contribution in [2.75, 3.05) is 6.54 Å². The van der Waals surface area contributed by atoms with Gasteiger partial charge < -0.3 is 5.32 Å². The lowest BCUT2D eigenvalue weighted by Crippen LogP contribution is -2.35. The minimum absolute atomic E-state index is 0.546. The number of hydrogen-bond acceptors (Lipinski definition) is 2. The Kier molecular flexibility index (Phi) is 3.95. The second-order valence-corrected chi connectivity index (χ2v) is 5.10. The van der Waals surface area contributed by atoms with Crippen molar-refractivity contribution in [3.8, 4) is 0 Å². The van der Waals surface area contributed by atoms with E-state index in [0.29, 0.717) is 6.04 Å². The predicted molar refractivity (Wildman–Crippen MR) is 70.6 cm³/mol. The minimum atomic E-state index is 0.546. The van der Waals surface area contributed by atoms with Gasteiger partial charge in [0.2, 0.25) is 0 Å². The van der Waals surface area contributed by atoms with Crippen LogP contribution in [0.2, 0.25) is 0 Å². The summed E-state index contributed by atoms with van der Waals surface area (Å²) in [5.74, 6) is 0. The lowest BCUT2D eigenvalue weighted by atomic mass is 9.92. The minimum Gasteiger partial charge on any atom is -0.314 e. The summed E-state index contributed by atoms with van der Waals surface area (Å²) < 4.78 is 0. The Labute approximate surface area is 103 Å². The van der Waals surface area contributed by atoms with E-state index in [1.807, 2.05) is 6.07 Å². The number of benzene rings is 1. The fraction of sp³-hybridized carbons (Fsp3) is 0.533. The molecule has 1 unspecified atom stereocenters. The summed E-state index contributed by atoms with van der Waals surface area (Å²) in [5.41, 5.74) is 4.54. The Morgan fingerprint density at radius 2 is 2.06 bits per heavy atom. The van der Waals surface area contributed by atoms with Gasteiger partial charge in [-0.3, -0.25) is 4.79 Å². The number of aryl methyl sites for hydroxylation is 2. The third kappa shape index (κ3) is 2.95. The van der Waals surface area contributed by atoms with Crippen molar-refractivity contribution in [3.63, 3.8) is 0 Å². The van der Waals surface area contributed by atoms with E-state index in [1.54, 1.807) is 0 Å². The first-order chi connectivity index (χ1) is 8.20. The van der Waals surface area contributed by atoms with Crippen LogP contribution in [0, 0.1) is 13.8 Å². The molecule has 0 saturated carbocycles. The molecule has 0 bridgehead atoms. The van der Waals surface area contributed by atoms with E-state index in [2.05, 4.69) is 25.2 Å². The highest BCUT2D eigenvalue weighted by atomic mass is 16.1. The quantitative estimate of drug-likeness (QED) is 0.810. The molecule has 1 fully saturated rings. The van der Waals surface area contributed by atoms with Crippen molar-refractivity contribution < 1.29 is 4.79 Å². The zero-order valence-electron chi connectivity index (χ0n) is 10.8. The average Bonchev–Trinajstić information content (AvgIpc) is 2.35. The number of carbonyl (C=O) groups excluding carboxylic acids is 1. The summed E-state index contributed by atoms with van der Waals surface area (Å²) in [6.45, 7) is 5.29. The van der Waals surface area contributed by atoms with Crippen LogP contribution in [0.15, 0.2) is 12.1 Å². The highest BCUT2D eigenvalue weighted by Crippen LogP contribution is 2.19. The standard InChI is InChI=1S/C15H21NO/c1-11-7-13(14(10-17)8-12(11)2)9-15-5-3-4-6-16-15/h7-8,10,15-16H,3-6,9H2,1-2H3. The number of piperidine rings is 1. The van der Waals surface area contributed by atoms with Gasteiger partial charge in [0.05, 0.1) is 0 Å². The lowest BCUT2D eigenvalue weighted by molar-refractivity contribution is 0.112.